The van der Waals surface area contributed by atoms with Crippen molar-refractivity contribution in [3.63, 3.8) is 0 Å². The SMILES string of the molecule is O=C(N[C@@H]1CC[C@H](C(=O)O)C1)c1cncc(F)c1. The third-order valence-electron chi connectivity index (χ3n) is 3.08. The molecule has 0 saturated heterocycles. The van der Waals surface area contributed by atoms with Crippen LogP contribution < -0.4 is 5.32 Å². The van der Waals surface area contributed by atoms with Crippen molar-refractivity contribution in [3.8, 4) is 0 Å². The number of pyridine rings is 1. The van der Waals surface area contributed by atoms with Crippen molar-refractivity contribution in [2.24, 2.45) is 5.92 Å². The zero-order valence-corrected chi connectivity index (χ0v) is 9.60. The molecule has 1 aromatic rings. The molecule has 0 radical (unpaired) electrons. The number of aliphatic carboxylic acids is 1. The van der Waals surface area contributed by atoms with Crippen molar-refractivity contribution < 1.29 is 19.1 Å². The number of hydrogen-bond acceptors (Lipinski definition) is 3. The number of carbonyl (C=O) groups is 2. The zero-order valence-electron chi connectivity index (χ0n) is 9.60. The molecule has 1 aromatic heterocycles. The zero-order chi connectivity index (χ0) is 13.1. The predicted octanol–water partition coefficient (Wildman–Crippen LogP) is 1.20. The summed E-state index contributed by atoms with van der Waals surface area (Å²) >= 11 is 0. The molecule has 5 nitrogen and oxygen atoms in total. The van der Waals surface area contributed by atoms with Crippen LogP contribution in [0.4, 0.5) is 4.39 Å². The van der Waals surface area contributed by atoms with E-state index in [2.05, 4.69) is 10.3 Å². The summed E-state index contributed by atoms with van der Waals surface area (Å²) in [7, 11) is 0. The molecular formula is C12H13FN2O3. The van der Waals surface area contributed by atoms with Crippen LogP contribution in [0.2, 0.25) is 0 Å². The van der Waals surface area contributed by atoms with Gasteiger partial charge in [-0.3, -0.25) is 14.6 Å². The standard InChI is InChI=1S/C12H13FN2O3/c13-9-3-8(5-14-6-9)11(16)15-10-2-1-7(4-10)12(17)18/h3,5-7,10H,1-2,4H2,(H,15,16)(H,17,18)/t7-,10+/m0/s1. The average Bonchev–Trinajstić information content (AvgIpc) is 2.77. The van der Waals surface area contributed by atoms with E-state index in [0.717, 1.165) is 12.3 Å². The van der Waals surface area contributed by atoms with Crippen LogP contribution in [0.15, 0.2) is 18.5 Å². The minimum absolute atomic E-state index is 0.147. The first-order valence-corrected chi connectivity index (χ1v) is 5.70. The van der Waals surface area contributed by atoms with Crippen molar-refractivity contribution in [1.82, 2.24) is 10.3 Å². The number of aromatic nitrogens is 1. The first-order chi connectivity index (χ1) is 8.56. The fourth-order valence-electron chi connectivity index (χ4n) is 2.14. The monoisotopic (exact) mass is 252 g/mol. The molecule has 0 aliphatic heterocycles. The van der Waals surface area contributed by atoms with Gasteiger partial charge in [0.25, 0.3) is 5.91 Å². The van der Waals surface area contributed by atoms with Crippen molar-refractivity contribution >= 4 is 11.9 Å². The first kappa shape index (κ1) is 12.5. The van der Waals surface area contributed by atoms with Gasteiger partial charge in [-0.25, -0.2) is 4.39 Å². The van der Waals surface area contributed by atoms with Gasteiger partial charge in [-0.1, -0.05) is 0 Å². The van der Waals surface area contributed by atoms with Crippen LogP contribution in [0, 0.1) is 11.7 Å². The van der Waals surface area contributed by atoms with Crippen molar-refractivity contribution in [2.75, 3.05) is 0 Å². The number of halogens is 1. The Bertz CT molecular complexity index is 478. The number of nitrogens with one attached hydrogen (secondary N) is 1. The molecule has 1 heterocycles. The van der Waals surface area contributed by atoms with Gasteiger partial charge in [-0.05, 0) is 25.3 Å². The Morgan fingerprint density at radius 2 is 2.17 bits per heavy atom. The molecule has 18 heavy (non-hydrogen) atoms. The first-order valence-electron chi connectivity index (χ1n) is 5.70. The minimum atomic E-state index is -0.834. The van der Waals surface area contributed by atoms with Gasteiger partial charge in [0, 0.05) is 12.2 Å². The van der Waals surface area contributed by atoms with Gasteiger partial charge >= 0.3 is 5.97 Å². The summed E-state index contributed by atoms with van der Waals surface area (Å²) in [5.74, 6) is -2.23. The molecule has 0 unspecified atom stereocenters. The summed E-state index contributed by atoms with van der Waals surface area (Å²) in [6.07, 6.45) is 3.91. The molecule has 1 saturated carbocycles. The molecule has 2 atom stereocenters. The van der Waals surface area contributed by atoms with Crippen LogP contribution in [0.5, 0.6) is 0 Å². The van der Waals surface area contributed by atoms with Gasteiger partial charge in [0.2, 0.25) is 0 Å². The number of rotatable bonds is 3. The fourth-order valence-corrected chi connectivity index (χ4v) is 2.14. The Balaban J connectivity index is 1.95. The third kappa shape index (κ3) is 2.82. The predicted molar refractivity (Wildman–Crippen MR) is 60.4 cm³/mol. The van der Waals surface area contributed by atoms with Gasteiger partial charge in [0.1, 0.15) is 5.82 Å². The number of carboxylic acids is 1. The average molecular weight is 252 g/mol. The van der Waals surface area contributed by atoms with Crippen LogP contribution in [0.25, 0.3) is 0 Å². The molecule has 0 aromatic carbocycles. The van der Waals surface area contributed by atoms with E-state index < -0.39 is 23.6 Å². The highest BCUT2D eigenvalue weighted by molar-refractivity contribution is 5.94. The molecule has 1 fully saturated rings. The molecule has 0 spiro atoms. The maximum absolute atomic E-state index is 12.9. The lowest BCUT2D eigenvalue weighted by Crippen LogP contribution is -2.33. The fraction of sp³-hybridized carbons (Fsp3) is 0.417. The van der Waals surface area contributed by atoms with Gasteiger partial charge in [0.05, 0.1) is 17.7 Å². The second-order valence-corrected chi connectivity index (χ2v) is 4.41. The van der Waals surface area contributed by atoms with Crippen LogP contribution in [0.1, 0.15) is 29.6 Å². The molecule has 1 aliphatic rings. The Kier molecular flexibility index (Phi) is 3.55. The van der Waals surface area contributed by atoms with Gasteiger partial charge in [-0.2, -0.15) is 0 Å². The summed E-state index contributed by atoms with van der Waals surface area (Å²) < 4.78 is 12.9. The van der Waals surface area contributed by atoms with Crippen LogP contribution >= 0.6 is 0 Å². The topological polar surface area (TPSA) is 79.3 Å². The normalized spacial score (nSPS) is 22.7. The van der Waals surface area contributed by atoms with Crippen molar-refractivity contribution in [1.29, 1.82) is 0 Å². The number of hydrogen-bond donors (Lipinski definition) is 2. The van der Waals surface area contributed by atoms with Crippen LogP contribution in [-0.2, 0) is 4.79 Å². The van der Waals surface area contributed by atoms with E-state index in [4.69, 9.17) is 5.11 Å². The maximum atomic E-state index is 12.9. The Morgan fingerprint density at radius 3 is 2.78 bits per heavy atom. The van der Waals surface area contributed by atoms with Crippen molar-refractivity contribution in [3.05, 3.63) is 29.8 Å². The molecule has 6 heteroatoms. The number of carbonyl (C=O) groups excluding carboxylic acids is 1. The summed E-state index contributed by atoms with van der Waals surface area (Å²) in [6, 6.07) is 0.938. The van der Waals surface area contributed by atoms with E-state index in [-0.39, 0.29) is 11.6 Å². The lowest BCUT2D eigenvalue weighted by atomic mass is 10.1. The van der Waals surface area contributed by atoms with Gasteiger partial charge in [0.15, 0.2) is 0 Å². The molecule has 2 N–H and O–H groups in total. The summed E-state index contributed by atoms with van der Waals surface area (Å²) in [5, 5.41) is 11.5. The van der Waals surface area contributed by atoms with E-state index >= 15 is 0 Å². The second kappa shape index (κ2) is 5.12. The van der Waals surface area contributed by atoms with E-state index in [0.29, 0.717) is 19.3 Å². The Morgan fingerprint density at radius 1 is 1.39 bits per heavy atom. The highest BCUT2D eigenvalue weighted by Crippen LogP contribution is 2.25. The minimum Gasteiger partial charge on any atom is -0.481 e. The quantitative estimate of drug-likeness (QED) is 0.847. The van der Waals surface area contributed by atoms with Gasteiger partial charge in [-0.15, -0.1) is 0 Å². The van der Waals surface area contributed by atoms with E-state index in [1.807, 2.05) is 0 Å². The third-order valence-corrected chi connectivity index (χ3v) is 3.08. The number of nitrogens with zero attached hydrogens (tertiary/aromatic N) is 1. The van der Waals surface area contributed by atoms with Gasteiger partial charge < -0.3 is 10.4 Å². The molecular weight excluding hydrogens is 239 g/mol. The molecule has 0 bridgehead atoms. The highest BCUT2D eigenvalue weighted by Gasteiger charge is 2.30. The molecule has 1 aliphatic carbocycles. The highest BCUT2D eigenvalue weighted by atomic mass is 19.1. The molecule has 96 valence electrons. The van der Waals surface area contributed by atoms with E-state index in [1.165, 1.54) is 6.20 Å². The lowest BCUT2D eigenvalue weighted by Gasteiger charge is -2.12. The molecule has 2 rings (SSSR count). The van der Waals surface area contributed by atoms with E-state index in [9.17, 15) is 14.0 Å². The number of carboxylic acid groups (broad SMARTS) is 1. The van der Waals surface area contributed by atoms with E-state index in [1.54, 1.807) is 0 Å². The van der Waals surface area contributed by atoms with Crippen molar-refractivity contribution in [2.45, 2.75) is 25.3 Å². The van der Waals surface area contributed by atoms with Crippen LogP contribution in [-0.4, -0.2) is 28.0 Å². The lowest BCUT2D eigenvalue weighted by molar-refractivity contribution is -0.141. The summed E-state index contributed by atoms with van der Waals surface area (Å²) in [4.78, 5) is 26.1. The Labute approximate surface area is 103 Å². The second-order valence-electron chi connectivity index (χ2n) is 4.41. The number of amides is 1. The largest absolute Gasteiger partial charge is 0.481 e. The molecule has 1 amide bonds. The maximum Gasteiger partial charge on any atom is 0.306 e. The van der Waals surface area contributed by atoms with Crippen LogP contribution in [0.3, 0.4) is 0 Å². The smallest absolute Gasteiger partial charge is 0.306 e. The Hall–Kier alpha value is -1.98. The summed E-state index contributed by atoms with van der Waals surface area (Å²) in [5.41, 5.74) is 0.147. The summed E-state index contributed by atoms with van der Waals surface area (Å²) in [6.45, 7) is 0.